The van der Waals surface area contributed by atoms with Crippen LogP contribution in [-0.2, 0) is 4.79 Å². The minimum absolute atomic E-state index is 0.186. The zero-order valence-corrected chi connectivity index (χ0v) is 7.10. The van der Waals surface area contributed by atoms with E-state index in [-0.39, 0.29) is 5.92 Å². The number of hydrogen-bond donors (Lipinski definition) is 2. The van der Waals surface area contributed by atoms with Gasteiger partial charge >= 0.3 is 5.97 Å². The summed E-state index contributed by atoms with van der Waals surface area (Å²) < 4.78 is 0. The minimum Gasteiger partial charge on any atom is -0.481 e. The summed E-state index contributed by atoms with van der Waals surface area (Å²) >= 11 is 3.36. The SMILES string of the molecule is O=C(O)C1CCC(Br)NC1. The third-order valence-corrected chi connectivity index (χ3v) is 2.49. The molecule has 0 aliphatic carbocycles. The number of piperidine rings is 1. The van der Waals surface area contributed by atoms with Crippen molar-refractivity contribution in [2.75, 3.05) is 6.54 Å². The van der Waals surface area contributed by atoms with Gasteiger partial charge in [0.1, 0.15) is 0 Å². The fourth-order valence-electron chi connectivity index (χ4n) is 1.03. The molecule has 3 nitrogen and oxygen atoms in total. The molecular weight excluding hydrogens is 198 g/mol. The van der Waals surface area contributed by atoms with E-state index in [1.165, 1.54) is 0 Å². The van der Waals surface area contributed by atoms with Crippen molar-refractivity contribution in [1.29, 1.82) is 0 Å². The highest BCUT2D eigenvalue weighted by molar-refractivity contribution is 9.09. The van der Waals surface area contributed by atoms with Crippen molar-refractivity contribution in [2.24, 2.45) is 5.92 Å². The molecule has 4 heteroatoms. The maximum absolute atomic E-state index is 10.4. The van der Waals surface area contributed by atoms with Crippen LogP contribution in [0.15, 0.2) is 0 Å². The smallest absolute Gasteiger partial charge is 0.307 e. The van der Waals surface area contributed by atoms with Crippen LogP contribution in [-0.4, -0.2) is 22.6 Å². The van der Waals surface area contributed by atoms with Gasteiger partial charge in [0.15, 0.2) is 0 Å². The van der Waals surface area contributed by atoms with Crippen molar-refractivity contribution in [3.63, 3.8) is 0 Å². The van der Waals surface area contributed by atoms with Crippen molar-refractivity contribution in [3.05, 3.63) is 0 Å². The maximum Gasteiger partial charge on any atom is 0.307 e. The van der Waals surface area contributed by atoms with Crippen LogP contribution in [0.3, 0.4) is 0 Å². The Morgan fingerprint density at radius 1 is 1.60 bits per heavy atom. The fraction of sp³-hybridized carbons (Fsp3) is 0.833. The van der Waals surface area contributed by atoms with E-state index in [0.29, 0.717) is 11.5 Å². The highest BCUT2D eigenvalue weighted by Gasteiger charge is 2.23. The molecule has 0 bridgehead atoms. The lowest BCUT2D eigenvalue weighted by molar-refractivity contribution is -0.142. The Hall–Kier alpha value is -0.0900. The number of hydrogen-bond acceptors (Lipinski definition) is 2. The number of aliphatic carboxylic acids is 1. The monoisotopic (exact) mass is 207 g/mol. The highest BCUT2D eigenvalue weighted by Crippen LogP contribution is 2.17. The molecule has 1 aliphatic heterocycles. The number of carbonyl (C=O) groups is 1. The van der Waals surface area contributed by atoms with Crippen LogP contribution in [0.4, 0.5) is 0 Å². The molecule has 0 aromatic heterocycles. The van der Waals surface area contributed by atoms with Gasteiger partial charge in [-0.25, -0.2) is 0 Å². The predicted octanol–water partition coefficient (Wildman–Crippen LogP) is 0.792. The molecule has 1 aliphatic rings. The Bertz CT molecular complexity index is 132. The first-order valence-electron chi connectivity index (χ1n) is 3.30. The van der Waals surface area contributed by atoms with Crippen LogP contribution < -0.4 is 5.32 Å². The standard InChI is InChI=1S/C6H10BrNO2/c7-5-2-1-4(3-8-5)6(9)10/h4-5,8H,1-3H2,(H,9,10). The van der Waals surface area contributed by atoms with Crippen molar-refractivity contribution in [2.45, 2.75) is 17.8 Å². The Labute approximate surface area is 67.9 Å². The van der Waals surface area contributed by atoms with Gasteiger partial charge in [-0.1, -0.05) is 15.9 Å². The first-order chi connectivity index (χ1) is 4.70. The van der Waals surface area contributed by atoms with Gasteiger partial charge < -0.3 is 10.4 Å². The van der Waals surface area contributed by atoms with E-state index in [1.54, 1.807) is 0 Å². The Kier molecular flexibility index (Phi) is 2.68. The first kappa shape index (κ1) is 8.01. The maximum atomic E-state index is 10.4. The Balaban J connectivity index is 2.33. The summed E-state index contributed by atoms with van der Waals surface area (Å²) in [6.45, 7) is 0.589. The van der Waals surface area contributed by atoms with Gasteiger partial charge in [0.25, 0.3) is 0 Å². The third kappa shape index (κ3) is 1.95. The summed E-state index contributed by atoms with van der Waals surface area (Å²) in [7, 11) is 0. The van der Waals surface area contributed by atoms with Gasteiger partial charge in [-0.05, 0) is 12.8 Å². The van der Waals surface area contributed by atoms with Crippen molar-refractivity contribution < 1.29 is 9.90 Å². The van der Waals surface area contributed by atoms with Gasteiger partial charge in [0.2, 0.25) is 0 Å². The molecular formula is C6H10BrNO2. The van der Waals surface area contributed by atoms with E-state index in [1.807, 2.05) is 0 Å². The largest absolute Gasteiger partial charge is 0.481 e. The normalized spacial score (nSPS) is 33.7. The second-order valence-corrected chi connectivity index (χ2v) is 3.59. The average Bonchev–Trinajstić information content (AvgIpc) is 1.88. The molecule has 1 saturated heterocycles. The van der Waals surface area contributed by atoms with Gasteiger partial charge in [-0.2, -0.15) is 0 Å². The Morgan fingerprint density at radius 3 is 2.70 bits per heavy atom. The molecule has 2 N–H and O–H groups in total. The van der Waals surface area contributed by atoms with Crippen LogP contribution in [0.1, 0.15) is 12.8 Å². The average molecular weight is 208 g/mol. The molecule has 0 saturated carbocycles. The van der Waals surface area contributed by atoms with Gasteiger partial charge in [0.05, 0.1) is 10.9 Å². The first-order valence-corrected chi connectivity index (χ1v) is 4.22. The highest BCUT2D eigenvalue weighted by atomic mass is 79.9. The number of carboxylic acids is 1. The zero-order valence-electron chi connectivity index (χ0n) is 5.51. The van der Waals surface area contributed by atoms with E-state index < -0.39 is 5.97 Å². The lowest BCUT2D eigenvalue weighted by atomic mass is 10.0. The summed E-state index contributed by atoms with van der Waals surface area (Å²) in [6.07, 6.45) is 1.68. The number of halogens is 1. The molecule has 1 fully saturated rings. The number of rotatable bonds is 1. The summed E-state index contributed by atoms with van der Waals surface area (Å²) in [5.74, 6) is -0.874. The number of alkyl halides is 1. The molecule has 1 rings (SSSR count). The van der Waals surface area contributed by atoms with Gasteiger partial charge in [-0.15, -0.1) is 0 Å². The van der Waals surface area contributed by atoms with E-state index in [4.69, 9.17) is 5.11 Å². The van der Waals surface area contributed by atoms with E-state index in [0.717, 1.165) is 12.8 Å². The topological polar surface area (TPSA) is 49.3 Å². The molecule has 2 atom stereocenters. The predicted molar refractivity (Wildman–Crippen MR) is 41.1 cm³/mol. The number of carboxylic acid groups (broad SMARTS) is 1. The lowest BCUT2D eigenvalue weighted by Crippen LogP contribution is -2.38. The molecule has 0 amide bonds. The van der Waals surface area contributed by atoms with E-state index in [9.17, 15) is 4.79 Å². The summed E-state index contributed by atoms with van der Waals surface area (Å²) in [4.78, 5) is 10.7. The van der Waals surface area contributed by atoms with Gasteiger partial charge in [0, 0.05) is 6.54 Å². The fourth-order valence-corrected chi connectivity index (χ4v) is 1.48. The second-order valence-electron chi connectivity index (χ2n) is 2.49. The van der Waals surface area contributed by atoms with Crippen LogP contribution in [0, 0.1) is 5.92 Å². The summed E-state index contributed by atoms with van der Waals surface area (Å²) in [5, 5.41) is 11.6. The third-order valence-electron chi connectivity index (χ3n) is 1.70. The van der Waals surface area contributed by atoms with Crippen LogP contribution in [0.5, 0.6) is 0 Å². The van der Waals surface area contributed by atoms with Crippen molar-refractivity contribution in [1.82, 2.24) is 5.32 Å². The summed E-state index contributed by atoms with van der Waals surface area (Å²) in [5.41, 5.74) is 0. The molecule has 10 heavy (non-hydrogen) atoms. The summed E-state index contributed by atoms with van der Waals surface area (Å²) in [6, 6.07) is 0. The van der Waals surface area contributed by atoms with E-state index in [2.05, 4.69) is 21.2 Å². The lowest BCUT2D eigenvalue weighted by Gasteiger charge is -2.23. The van der Waals surface area contributed by atoms with Crippen LogP contribution in [0.2, 0.25) is 0 Å². The van der Waals surface area contributed by atoms with E-state index >= 15 is 0 Å². The van der Waals surface area contributed by atoms with Crippen LogP contribution >= 0.6 is 15.9 Å². The minimum atomic E-state index is -0.688. The van der Waals surface area contributed by atoms with Gasteiger partial charge in [-0.3, -0.25) is 4.79 Å². The number of nitrogens with one attached hydrogen (secondary N) is 1. The molecule has 58 valence electrons. The molecule has 2 unspecified atom stereocenters. The molecule has 1 heterocycles. The zero-order chi connectivity index (χ0) is 7.56. The van der Waals surface area contributed by atoms with Crippen molar-refractivity contribution >= 4 is 21.9 Å². The molecule has 0 aromatic rings. The van der Waals surface area contributed by atoms with Crippen molar-refractivity contribution in [3.8, 4) is 0 Å². The molecule has 0 radical (unpaired) electrons. The molecule has 0 aromatic carbocycles. The quantitative estimate of drug-likeness (QED) is 0.494. The van der Waals surface area contributed by atoms with Crippen LogP contribution in [0.25, 0.3) is 0 Å². The Morgan fingerprint density at radius 2 is 2.30 bits per heavy atom. The molecule has 0 spiro atoms. The second kappa shape index (κ2) is 3.34.